The van der Waals surface area contributed by atoms with Gasteiger partial charge in [0, 0.05) is 13.0 Å². The van der Waals surface area contributed by atoms with E-state index >= 15 is 0 Å². The summed E-state index contributed by atoms with van der Waals surface area (Å²) in [6.07, 6.45) is 2.12. The van der Waals surface area contributed by atoms with Crippen molar-refractivity contribution in [1.82, 2.24) is 5.32 Å². The maximum Gasteiger partial charge on any atom is 0.230 e. The minimum Gasteiger partial charge on any atom is -0.493 e. The summed E-state index contributed by atoms with van der Waals surface area (Å²) in [6.45, 7) is 0.590. The van der Waals surface area contributed by atoms with Gasteiger partial charge in [-0.15, -0.1) is 0 Å². The summed E-state index contributed by atoms with van der Waals surface area (Å²) in [5, 5.41) is 11.3. The first-order chi connectivity index (χ1) is 10.7. The van der Waals surface area contributed by atoms with E-state index in [1.165, 1.54) is 0 Å². The van der Waals surface area contributed by atoms with Crippen LogP contribution < -0.4 is 14.8 Å². The lowest BCUT2D eigenvalue weighted by Crippen LogP contribution is -2.27. The Labute approximate surface area is 136 Å². The maximum absolute atomic E-state index is 11.6. The number of carbonyl (C=O) groups is 1. The molecule has 1 amide bonds. The highest BCUT2D eigenvalue weighted by Gasteiger charge is 2.05. The summed E-state index contributed by atoms with van der Waals surface area (Å²) in [7, 11) is 3.21. The lowest BCUT2D eigenvalue weighted by Gasteiger charge is -2.10. The standard InChI is InChI=1S/C16H22N2O3S/c1-20-14-6-5-13(11-15(14)21-2)7-9-18-16(19)12-22-10-4-3-8-17/h5-6,11H,3-4,7,9-10,12H2,1-2H3,(H,18,19). The van der Waals surface area contributed by atoms with E-state index in [2.05, 4.69) is 11.4 Å². The van der Waals surface area contributed by atoms with Gasteiger partial charge in [-0.2, -0.15) is 17.0 Å². The number of unbranched alkanes of at least 4 members (excludes halogenated alkanes) is 1. The van der Waals surface area contributed by atoms with Gasteiger partial charge in [-0.1, -0.05) is 6.07 Å². The molecule has 5 nitrogen and oxygen atoms in total. The number of hydrogen-bond acceptors (Lipinski definition) is 5. The topological polar surface area (TPSA) is 71.3 Å². The van der Waals surface area contributed by atoms with Gasteiger partial charge in [0.15, 0.2) is 11.5 Å². The number of nitrogens with zero attached hydrogens (tertiary/aromatic N) is 1. The number of hydrogen-bond donors (Lipinski definition) is 1. The van der Waals surface area contributed by atoms with Crippen LogP contribution in [0.1, 0.15) is 18.4 Å². The van der Waals surface area contributed by atoms with E-state index in [0.717, 1.165) is 24.2 Å². The predicted octanol–water partition coefficient (Wildman–Crippen LogP) is 2.40. The summed E-state index contributed by atoms with van der Waals surface area (Å²) in [5.74, 6) is 2.71. The van der Waals surface area contributed by atoms with Gasteiger partial charge in [-0.05, 0) is 36.3 Å². The van der Waals surface area contributed by atoms with Gasteiger partial charge >= 0.3 is 0 Å². The van der Waals surface area contributed by atoms with Crippen LogP contribution in [0.3, 0.4) is 0 Å². The molecule has 0 saturated carbocycles. The van der Waals surface area contributed by atoms with Crippen molar-refractivity contribution in [1.29, 1.82) is 5.26 Å². The number of carbonyl (C=O) groups excluding carboxylic acids is 1. The number of benzene rings is 1. The molecule has 22 heavy (non-hydrogen) atoms. The average molecular weight is 322 g/mol. The molecule has 0 bridgehead atoms. The van der Waals surface area contributed by atoms with Gasteiger partial charge in [0.1, 0.15) is 0 Å². The smallest absolute Gasteiger partial charge is 0.230 e. The Morgan fingerprint density at radius 2 is 2.09 bits per heavy atom. The fourth-order valence-corrected chi connectivity index (χ4v) is 2.63. The molecule has 120 valence electrons. The van der Waals surface area contributed by atoms with Crippen LogP contribution in [0.4, 0.5) is 0 Å². The van der Waals surface area contributed by atoms with Crippen LogP contribution in [-0.2, 0) is 11.2 Å². The zero-order valence-electron chi connectivity index (χ0n) is 13.1. The SMILES string of the molecule is COc1ccc(CCNC(=O)CSCCCC#N)cc1OC. The van der Waals surface area contributed by atoms with Crippen LogP contribution >= 0.6 is 11.8 Å². The van der Waals surface area contributed by atoms with Crippen molar-refractivity contribution in [3.63, 3.8) is 0 Å². The summed E-state index contributed by atoms with van der Waals surface area (Å²) in [6, 6.07) is 7.84. The van der Waals surface area contributed by atoms with Gasteiger partial charge < -0.3 is 14.8 Å². The summed E-state index contributed by atoms with van der Waals surface area (Å²) < 4.78 is 10.4. The van der Waals surface area contributed by atoms with Crippen LogP contribution in [0, 0.1) is 11.3 Å². The zero-order valence-corrected chi connectivity index (χ0v) is 13.9. The number of rotatable bonds is 10. The van der Waals surface area contributed by atoms with E-state index < -0.39 is 0 Å². The largest absolute Gasteiger partial charge is 0.493 e. The van der Waals surface area contributed by atoms with E-state index in [4.69, 9.17) is 14.7 Å². The Morgan fingerprint density at radius 3 is 2.77 bits per heavy atom. The van der Waals surface area contributed by atoms with Gasteiger partial charge in [-0.25, -0.2) is 0 Å². The fourth-order valence-electron chi connectivity index (χ4n) is 1.85. The molecule has 0 saturated heterocycles. The first-order valence-electron chi connectivity index (χ1n) is 7.13. The third kappa shape index (κ3) is 6.72. The van der Waals surface area contributed by atoms with Gasteiger partial charge in [0.25, 0.3) is 0 Å². The molecule has 1 N–H and O–H groups in total. The van der Waals surface area contributed by atoms with Crippen LogP contribution in [0.2, 0.25) is 0 Å². The second kappa shape index (κ2) is 10.8. The van der Waals surface area contributed by atoms with Crippen molar-refractivity contribution in [2.45, 2.75) is 19.3 Å². The highest BCUT2D eigenvalue weighted by molar-refractivity contribution is 7.99. The normalized spacial score (nSPS) is 9.86. The molecule has 1 rings (SSSR count). The maximum atomic E-state index is 11.6. The highest BCUT2D eigenvalue weighted by Crippen LogP contribution is 2.27. The molecule has 0 unspecified atom stereocenters. The van der Waals surface area contributed by atoms with Crippen molar-refractivity contribution in [3.8, 4) is 17.6 Å². The Kier molecular flexibility index (Phi) is 8.92. The molecule has 0 aromatic heterocycles. The van der Waals surface area contributed by atoms with E-state index in [1.54, 1.807) is 26.0 Å². The highest BCUT2D eigenvalue weighted by atomic mass is 32.2. The van der Waals surface area contributed by atoms with E-state index in [0.29, 0.717) is 30.2 Å². The molecule has 0 aliphatic carbocycles. The number of nitrogens with one attached hydrogen (secondary N) is 1. The second-order valence-electron chi connectivity index (χ2n) is 4.60. The van der Waals surface area contributed by atoms with Crippen molar-refractivity contribution in [2.24, 2.45) is 0 Å². The van der Waals surface area contributed by atoms with Gasteiger partial charge in [0.2, 0.25) is 5.91 Å². The molecule has 0 heterocycles. The predicted molar refractivity (Wildman–Crippen MR) is 88.4 cm³/mol. The van der Waals surface area contributed by atoms with Crippen molar-refractivity contribution >= 4 is 17.7 Å². The Balaban J connectivity index is 2.26. The quantitative estimate of drug-likeness (QED) is 0.670. The zero-order chi connectivity index (χ0) is 16.2. The molecular weight excluding hydrogens is 300 g/mol. The van der Waals surface area contributed by atoms with Crippen molar-refractivity contribution < 1.29 is 14.3 Å². The molecular formula is C16H22N2O3S. The molecule has 1 aromatic rings. The Hall–Kier alpha value is -1.87. The van der Waals surface area contributed by atoms with Crippen LogP contribution in [0.25, 0.3) is 0 Å². The molecule has 6 heteroatoms. The summed E-state index contributed by atoms with van der Waals surface area (Å²) in [5.41, 5.74) is 1.08. The lowest BCUT2D eigenvalue weighted by atomic mass is 10.1. The Morgan fingerprint density at radius 1 is 1.32 bits per heavy atom. The number of amides is 1. The molecule has 0 aliphatic heterocycles. The number of methoxy groups -OCH3 is 2. The van der Waals surface area contributed by atoms with Crippen LogP contribution in [0.5, 0.6) is 11.5 Å². The molecule has 0 radical (unpaired) electrons. The fraction of sp³-hybridized carbons (Fsp3) is 0.500. The number of nitriles is 1. The summed E-state index contributed by atoms with van der Waals surface area (Å²) in [4.78, 5) is 11.6. The van der Waals surface area contributed by atoms with Gasteiger partial charge in [-0.3, -0.25) is 4.79 Å². The second-order valence-corrected chi connectivity index (χ2v) is 5.71. The van der Waals surface area contributed by atoms with Crippen LogP contribution in [-0.4, -0.2) is 38.2 Å². The van der Waals surface area contributed by atoms with Crippen molar-refractivity contribution in [2.75, 3.05) is 32.3 Å². The Bertz CT molecular complexity index is 515. The molecule has 1 aromatic carbocycles. The molecule has 0 aliphatic rings. The first kappa shape index (κ1) is 18.2. The van der Waals surface area contributed by atoms with Gasteiger partial charge in [0.05, 0.1) is 26.0 Å². The monoisotopic (exact) mass is 322 g/mol. The van der Waals surface area contributed by atoms with E-state index in [1.807, 2.05) is 18.2 Å². The molecule has 0 spiro atoms. The minimum absolute atomic E-state index is 0.0300. The summed E-state index contributed by atoms with van der Waals surface area (Å²) >= 11 is 1.56. The van der Waals surface area contributed by atoms with Crippen LogP contribution in [0.15, 0.2) is 18.2 Å². The molecule has 0 fully saturated rings. The van der Waals surface area contributed by atoms with Crippen molar-refractivity contribution in [3.05, 3.63) is 23.8 Å². The molecule has 0 atom stereocenters. The number of ether oxygens (including phenoxy) is 2. The third-order valence-electron chi connectivity index (χ3n) is 2.99. The average Bonchev–Trinajstić information content (AvgIpc) is 2.54. The lowest BCUT2D eigenvalue weighted by molar-refractivity contribution is -0.118. The first-order valence-corrected chi connectivity index (χ1v) is 8.29. The van der Waals surface area contributed by atoms with E-state index in [-0.39, 0.29) is 5.91 Å². The third-order valence-corrected chi connectivity index (χ3v) is 4.04. The number of thioether (sulfide) groups is 1. The minimum atomic E-state index is 0.0300. The van der Waals surface area contributed by atoms with E-state index in [9.17, 15) is 4.79 Å².